The van der Waals surface area contributed by atoms with Crippen LogP contribution in [0.15, 0.2) is 29.3 Å². The van der Waals surface area contributed by atoms with Gasteiger partial charge in [0.1, 0.15) is 27.5 Å². The number of halogens is 1. The van der Waals surface area contributed by atoms with Crippen LogP contribution in [-0.2, 0) is 14.6 Å². The van der Waals surface area contributed by atoms with Crippen molar-refractivity contribution in [2.75, 3.05) is 45.4 Å². The highest BCUT2D eigenvalue weighted by molar-refractivity contribution is 7.90. The molecule has 7 nitrogen and oxygen atoms in total. The number of nitrogens with one attached hydrogen (secondary N) is 2. The number of ether oxygens (including phenoxy) is 2. The lowest BCUT2D eigenvalue weighted by Gasteiger charge is -2.17. The SMILES string of the molecule is CN=C(NCCOCCS(C)(=O)=O)NCC(C)Oc1ccc(F)cc1. The van der Waals surface area contributed by atoms with Crippen molar-refractivity contribution in [1.29, 1.82) is 0 Å². The zero-order valence-corrected chi connectivity index (χ0v) is 15.6. The molecule has 0 heterocycles. The van der Waals surface area contributed by atoms with Gasteiger partial charge in [0, 0.05) is 19.8 Å². The summed E-state index contributed by atoms with van der Waals surface area (Å²) >= 11 is 0. The molecule has 9 heteroatoms. The molecule has 142 valence electrons. The monoisotopic (exact) mass is 375 g/mol. The van der Waals surface area contributed by atoms with E-state index < -0.39 is 9.84 Å². The van der Waals surface area contributed by atoms with Gasteiger partial charge >= 0.3 is 0 Å². The normalized spacial score (nSPS) is 13.4. The van der Waals surface area contributed by atoms with Crippen molar-refractivity contribution >= 4 is 15.8 Å². The molecule has 0 radical (unpaired) electrons. The molecule has 1 aromatic rings. The smallest absolute Gasteiger partial charge is 0.191 e. The molecule has 1 aromatic carbocycles. The van der Waals surface area contributed by atoms with Crippen LogP contribution in [0.1, 0.15) is 6.92 Å². The first-order valence-electron chi connectivity index (χ1n) is 7.92. The van der Waals surface area contributed by atoms with E-state index >= 15 is 0 Å². The molecule has 0 aliphatic carbocycles. The fraction of sp³-hybridized carbons (Fsp3) is 0.562. The topological polar surface area (TPSA) is 89.0 Å². The second-order valence-corrected chi connectivity index (χ2v) is 7.76. The Balaban J connectivity index is 2.19. The molecule has 0 aliphatic heterocycles. The second-order valence-electron chi connectivity index (χ2n) is 5.50. The lowest BCUT2D eigenvalue weighted by atomic mass is 10.3. The Morgan fingerprint density at radius 1 is 1.24 bits per heavy atom. The van der Waals surface area contributed by atoms with E-state index in [-0.39, 0.29) is 24.3 Å². The zero-order valence-electron chi connectivity index (χ0n) is 14.8. The molecule has 0 saturated carbocycles. The van der Waals surface area contributed by atoms with Gasteiger partial charge in [-0.25, -0.2) is 12.8 Å². The van der Waals surface area contributed by atoms with Crippen molar-refractivity contribution in [2.45, 2.75) is 13.0 Å². The average molecular weight is 375 g/mol. The summed E-state index contributed by atoms with van der Waals surface area (Å²) in [5.74, 6) is 0.888. The molecule has 1 unspecified atom stereocenters. The van der Waals surface area contributed by atoms with Crippen molar-refractivity contribution in [3.8, 4) is 5.75 Å². The van der Waals surface area contributed by atoms with Crippen LogP contribution in [0.25, 0.3) is 0 Å². The van der Waals surface area contributed by atoms with Crippen molar-refractivity contribution < 1.29 is 22.3 Å². The number of benzene rings is 1. The van der Waals surface area contributed by atoms with Crippen LogP contribution in [-0.4, -0.2) is 65.8 Å². The first-order valence-corrected chi connectivity index (χ1v) is 9.98. The molecular weight excluding hydrogens is 349 g/mol. The standard InChI is InChI=1S/C16H26FN3O4S/c1-13(24-15-6-4-14(17)5-7-15)12-20-16(18-2)19-8-9-23-10-11-25(3,21)22/h4-7,13H,8-12H2,1-3H3,(H2,18,19,20). The van der Waals surface area contributed by atoms with Gasteiger partial charge in [-0.2, -0.15) is 0 Å². The quantitative estimate of drug-likeness (QED) is 0.358. The summed E-state index contributed by atoms with van der Waals surface area (Å²) in [5.41, 5.74) is 0. The fourth-order valence-corrected chi connectivity index (χ4v) is 2.22. The van der Waals surface area contributed by atoms with Crippen LogP contribution in [0.3, 0.4) is 0 Å². The van der Waals surface area contributed by atoms with E-state index in [1.165, 1.54) is 18.4 Å². The van der Waals surface area contributed by atoms with Gasteiger partial charge in [-0.05, 0) is 31.2 Å². The molecule has 1 atom stereocenters. The summed E-state index contributed by atoms with van der Waals surface area (Å²) in [7, 11) is -1.35. The number of rotatable bonds is 10. The molecule has 2 N–H and O–H groups in total. The minimum atomic E-state index is -2.99. The maximum absolute atomic E-state index is 12.8. The van der Waals surface area contributed by atoms with Gasteiger partial charge < -0.3 is 20.1 Å². The van der Waals surface area contributed by atoms with Crippen molar-refractivity contribution in [1.82, 2.24) is 10.6 Å². The maximum atomic E-state index is 12.8. The third-order valence-corrected chi connectivity index (χ3v) is 3.98. The first kappa shape index (κ1) is 21.2. The van der Waals surface area contributed by atoms with Gasteiger partial charge in [-0.3, -0.25) is 4.99 Å². The Bertz CT molecular complexity index is 635. The largest absolute Gasteiger partial charge is 0.489 e. The van der Waals surface area contributed by atoms with Gasteiger partial charge in [0.15, 0.2) is 5.96 Å². The average Bonchev–Trinajstić information content (AvgIpc) is 2.54. The number of hydrogen-bond acceptors (Lipinski definition) is 5. The Labute approximate surface area is 148 Å². The number of guanidine groups is 1. The van der Waals surface area contributed by atoms with Crippen LogP contribution in [0, 0.1) is 5.82 Å². The third-order valence-electron chi connectivity index (χ3n) is 3.07. The summed E-state index contributed by atoms with van der Waals surface area (Å²) in [6.45, 7) is 3.44. The van der Waals surface area contributed by atoms with Gasteiger partial charge in [-0.1, -0.05) is 0 Å². The molecule has 0 bridgehead atoms. The van der Waals surface area contributed by atoms with Crippen LogP contribution in [0.2, 0.25) is 0 Å². The van der Waals surface area contributed by atoms with E-state index in [0.29, 0.717) is 31.4 Å². The molecule has 0 aliphatic rings. The lowest BCUT2D eigenvalue weighted by Crippen LogP contribution is -2.42. The molecule has 0 saturated heterocycles. The number of sulfone groups is 1. The highest BCUT2D eigenvalue weighted by Gasteiger charge is 2.06. The van der Waals surface area contributed by atoms with Crippen LogP contribution in [0.5, 0.6) is 5.75 Å². The van der Waals surface area contributed by atoms with Crippen molar-refractivity contribution in [3.63, 3.8) is 0 Å². The van der Waals surface area contributed by atoms with E-state index in [0.717, 1.165) is 0 Å². The molecule has 25 heavy (non-hydrogen) atoms. The van der Waals surface area contributed by atoms with Crippen LogP contribution >= 0.6 is 0 Å². The Kier molecular flexibility index (Phi) is 9.22. The second kappa shape index (κ2) is 10.9. The molecule has 0 fully saturated rings. The van der Waals surface area contributed by atoms with Gasteiger partial charge in [0.05, 0.1) is 25.5 Å². The van der Waals surface area contributed by atoms with E-state index in [1.807, 2.05) is 6.92 Å². The van der Waals surface area contributed by atoms with E-state index in [9.17, 15) is 12.8 Å². The van der Waals surface area contributed by atoms with Crippen molar-refractivity contribution in [3.05, 3.63) is 30.1 Å². The summed E-state index contributed by atoms with van der Waals surface area (Å²) in [5, 5.41) is 6.16. The third kappa shape index (κ3) is 10.6. The predicted molar refractivity (Wildman–Crippen MR) is 96.4 cm³/mol. The minimum absolute atomic E-state index is 0.0121. The minimum Gasteiger partial charge on any atom is -0.489 e. The van der Waals surface area contributed by atoms with E-state index in [2.05, 4.69) is 15.6 Å². The fourth-order valence-electron chi connectivity index (χ4n) is 1.80. The highest BCUT2D eigenvalue weighted by Crippen LogP contribution is 2.12. The Morgan fingerprint density at radius 3 is 2.52 bits per heavy atom. The number of nitrogens with zero attached hydrogens (tertiary/aromatic N) is 1. The Hall–Kier alpha value is -1.87. The van der Waals surface area contributed by atoms with Crippen molar-refractivity contribution in [2.24, 2.45) is 4.99 Å². The van der Waals surface area contributed by atoms with E-state index in [1.54, 1.807) is 19.2 Å². The predicted octanol–water partition coefficient (Wildman–Crippen LogP) is 0.819. The van der Waals surface area contributed by atoms with Gasteiger partial charge in [-0.15, -0.1) is 0 Å². The summed E-state index contributed by atoms with van der Waals surface area (Å²) in [6, 6.07) is 5.85. The number of hydrogen-bond donors (Lipinski definition) is 2. The number of aliphatic imine (C=N–C) groups is 1. The maximum Gasteiger partial charge on any atom is 0.191 e. The molecule has 1 rings (SSSR count). The Morgan fingerprint density at radius 2 is 1.92 bits per heavy atom. The first-order chi connectivity index (χ1) is 11.8. The summed E-state index contributed by atoms with van der Waals surface area (Å²) in [4.78, 5) is 4.07. The van der Waals surface area contributed by atoms with Gasteiger partial charge in [0.2, 0.25) is 0 Å². The van der Waals surface area contributed by atoms with Crippen LogP contribution in [0.4, 0.5) is 4.39 Å². The highest BCUT2D eigenvalue weighted by atomic mass is 32.2. The molecule has 0 amide bonds. The zero-order chi connectivity index (χ0) is 18.7. The summed E-state index contributed by atoms with van der Waals surface area (Å²) < 4.78 is 45.7. The molecule has 0 spiro atoms. The molecule has 0 aromatic heterocycles. The van der Waals surface area contributed by atoms with Gasteiger partial charge in [0.25, 0.3) is 0 Å². The molecular formula is C16H26FN3O4S. The van der Waals surface area contributed by atoms with E-state index in [4.69, 9.17) is 9.47 Å². The van der Waals surface area contributed by atoms with Crippen LogP contribution < -0.4 is 15.4 Å². The summed E-state index contributed by atoms with van der Waals surface area (Å²) in [6.07, 6.45) is 1.03. The lowest BCUT2D eigenvalue weighted by molar-refractivity contribution is 0.154.